The van der Waals surface area contributed by atoms with Crippen LogP contribution in [0.15, 0.2) is 0 Å². The number of carbonyl (C=O) groups is 3. The fraction of sp³-hybridized carbons (Fsp3) is 0.727. The van der Waals surface area contributed by atoms with E-state index in [0.717, 1.165) is 0 Å². The lowest BCUT2D eigenvalue weighted by Crippen LogP contribution is -2.48. The summed E-state index contributed by atoms with van der Waals surface area (Å²) in [5, 5.41) is 8.85. The van der Waals surface area contributed by atoms with Crippen LogP contribution < -0.4 is 0 Å². The van der Waals surface area contributed by atoms with E-state index in [1.165, 1.54) is 4.90 Å². The number of carboxylic acid groups (broad SMARTS) is 1. The maximum absolute atomic E-state index is 11.4. The average molecular weight is 256 g/mol. The molecule has 0 spiro atoms. The first kappa shape index (κ1) is 13.0. The van der Waals surface area contributed by atoms with Crippen LogP contribution in [0.2, 0.25) is 0 Å². The number of amides is 2. The summed E-state index contributed by atoms with van der Waals surface area (Å²) in [7, 11) is 0. The Bertz CT molecular complexity index is 354. The summed E-state index contributed by atoms with van der Waals surface area (Å²) in [4.78, 5) is 36.7. The van der Waals surface area contributed by atoms with Gasteiger partial charge in [-0.25, -0.2) is 4.79 Å². The van der Waals surface area contributed by atoms with Gasteiger partial charge in [0.2, 0.25) is 11.8 Å². The molecule has 100 valence electrons. The molecule has 2 rings (SSSR count). The number of rotatable bonds is 4. The molecule has 7 heteroatoms. The van der Waals surface area contributed by atoms with E-state index in [9.17, 15) is 14.4 Å². The lowest BCUT2D eigenvalue weighted by atomic mass is 10.2. The number of morpholine rings is 1. The number of imide groups is 1. The van der Waals surface area contributed by atoms with Gasteiger partial charge in [0.05, 0.1) is 6.61 Å². The van der Waals surface area contributed by atoms with Crippen molar-refractivity contribution in [3.63, 3.8) is 0 Å². The highest BCUT2D eigenvalue weighted by Gasteiger charge is 2.30. The molecule has 0 aromatic carbocycles. The van der Waals surface area contributed by atoms with E-state index < -0.39 is 12.1 Å². The SMILES string of the molecule is O=C(O)C1CN(CCN2C(=O)CCC2=O)CCO1. The minimum atomic E-state index is -0.979. The van der Waals surface area contributed by atoms with Crippen molar-refractivity contribution in [3.05, 3.63) is 0 Å². The third kappa shape index (κ3) is 2.85. The van der Waals surface area contributed by atoms with E-state index in [0.29, 0.717) is 45.6 Å². The van der Waals surface area contributed by atoms with Crippen molar-refractivity contribution in [3.8, 4) is 0 Å². The molecule has 0 aliphatic carbocycles. The third-order valence-corrected chi connectivity index (χ3v) is 3.22. The predicted molar refractivity (Wildman–Crippen MR) is 59.8 cm³/mol. The second-order valence-electron chi connectivity index (χ2n) is 4.44. The molecule has 0 aromatic heterocycles. The molecule has 2 heterocycles. The number of carbonyl (C=O) groups excluding carboxylic acids is 2. The number of ether oxygens (including phenoxy) is 1. The molecule has 2 aliphatic rings. The molecule has 1 atom stereocenters. The van der Waals surface area contributed by atoms with Crippen molar-refractivity contribution >= 4 is 17.8 Å². The van der Waals surface area contributed by atoms with Gasteiger partial charge in [-0.3, -0.25) is 19.4 Å². The zero-order valence-corrected chi connectivity index (χ0v) is 10.0. The first-order valence-electron chi connectivity index (χ1n) is 5.98. The number of hydrogen-bond acceptors (Lipinski definition) is 5. The zero-order chi connectivity index (χ0) is 13.1. The molecule has 0 bridgehead atoms. The van der Waals surface area contributed by atoms with E-state index in [1.807, 2.05) is 4.90 Å². The van der Waals surface area contributed by atoms with E-state index in [4.69, 9.17) is 9.84 Å². The Hall–Kier alpha value is -1.47. The molecule has 0 radical (unpaired) electrons. The summed E-state index contributed by atoms with van der Waals surface area (Å²) in [6, 6.07) is 0. The van der Waals surface area contributed by atoms with Crippen LogP contribution in [0.1, 0.15) is 12.8 Å². The van der Waals surface area contributed by atoms with Crippen LogP contribution in [-0.4, -0.2) is 71.6 Å². The second kappa shape index (κ2) is 5.45. The largest absolute Gasteiger partial charge is 0.479 e. The van der Waals surface area contributed by atoms with Gasteiger partial charge in [0.15, 0.2) is 6.10 Å². The Labute approximate surface area is 104 Å². The highest BCUT2D eigenvalue weighted by Crippen LogP contribution is 2.12. The highest BCUT2D eigenvalue weighted by atomic mass is 16.5. The van der Waals surface area contributed by atoms with E-state index in [2.05, 4.69) is 0 Å². The van der Waals surface area contributed by atoms with Crippen molar-refractivity contribution in [2.75, 3.05) is 32.8 Å². The second-order valence-corrected chi connectivity index (χ2v) is 4.44. The Morgan fingerprint density at radius 1 is 1.28 bits per heavy atom. The molecular weight excluding hydrogens is 240 g/mol. The van der Waals surface area contributed by atoms with Gasteiger partial charge in [-0.1, -0.05) is 0 Å². The first-order valence-corrected chi connectivity index (χ1v) is 5.98. The van der Waals surface area contributed by atoms with Gasteiger partial charge in [-0.15, -0.1) is 0 Å². The molecule has 0 aromatic rings. The smallest absolute Gasteiger partial charge is 0.334 e. The number of likely N-dealkylation sites (tertiary alicyclic amines) is 1. The molecule has 0 saturated carbocycles. The minimum Gasteiger partial charge on any atom is -0.479 e. The van der Waals surface area contributed by atoms with Crippen LogP contribution >= 0.6 is 0 Å². The number of nitrogens with zero attached hydrogens (tertiary/aromatic N) is 2. The highest BCUT2D eigenvalue weighted by molar-refractivity contribution is 6.01. The standard InChI is InChI=1S/C11H16N2O5/c14-9-1-2-10(15)13(9)4-3-12-5-6-18-8(7-12)11(16)17/h8H,1-7H2,(H,16,17). The Morgan fingerprint density at radius 3 is 2.56 bits per heavy atom. The predicted octanol–water partition coefficient (Wildman–Crippen LogP) is -1.08. The van der Waals surface area contributed by atoms with Crippen molar-refractivity contribution < 1.29 is 24.2 Å². The molecule has 7 nitrogen and oxygen atoms in total. The minimum absolute atomic E-state index is 0.136. The van der Waals surface area contributed by atoms with Crippen LogP contribution in [0.3, 0.4) is 0 Å². The Kier molecular flexibility index (Phi) is 3.93. The van der Waals surface area contributed by atoms with Crippen LogP contribution in [0.5, 0.6) is 0 Å². The molecule has 1 unspecified atom stereocenters. The van der Waals surface area contributed by atoms with Crippen LogP contribution in [-0.2, 0) is 19.1 Å². The molecule has 2 fully saturated rings. The van der Waals surface area contributed by atoms with Crippen LogP contribution in [0, 0.1) is 0 Å². The Morgan fingerprint density at radius 2 is 1.94 bits per heavy atom. The number of carboxylic acids is 1. The van der Waals surface area contributed by atoms with Gasteiger partial charge in [0.25, 0.3) is 0 Å². The number of hydrogen-bond donors (Lipinski definition) is 1. The lowest BCUT2D eigenvalue weighted by molar-refractivity contribution is -0.156. The average Bonchev–Trinajstić information content (AvgIpc) is 2.67. The van der Waals surface area contributed by atoms with Crippen molar-refractivity contribution in [1.29, 1.82) is 0 Å². The molecule has 1 N–H and O–H groups in total. The fourth-order valence-corrected chi connectivity index (χ4v) is 2.17. The summed E-state index contributed by atoms with van der Waals surface area (Å²) in [5.41, 5.74) is 0. The topological polar surface area (TPSA) is 87.2 Å². The first-order chi connectivity index (χ1) is 8.58. The van der Waals surface area contributed by atoms with E-state index in [1.54, 1.807) is 0 Å². The maximum Gasteiger partial charge on any atom is 0.334 e. The molecular formula is C11H16N2O5. The summed E-state index contributed by atoms with van der Waals surface area (Å²) in [5.74, 6) is -1.25. The third-order valence-electron chi connectivity index (χ3n) is 3.22. The Balaban J connectivity index is 1.81. The fourth-order valence-electron chi connectivity index (χ4n) is 2.17. The van der Waals surface area contributed by atoms with E-state index in [-0.39, 0.29) is 11.8 Å². The van der Waals surface area contributed by atoms with Gasteiger partial charge in [0, 0.05) is 39.0 Å². The quantitative estimate of drug-likeness (QED) is 0.644. The molecule has 2 aliphatic heterocycles. The van der Waals surface area contributed by atoms with Crippen molar-refractivity contribution in [2.24, 2.45) is 0 Å². The van der Waals surface area contributed by atoms with Gasteiger partial charge < -0.3 is 9.84 Å². The number of aliphatic carboxylic acids is 1. The zero-order valence-electron chi connectivity index (χ0n) is 10.0. The van der Waals surface area contributed by atoms with Crippen molar-refractivity contribution in [2.45, 2.75) is 18.9 Å². The van der Waals surface area contributed by atoms with Crippen molar-refractivity contribution in [1.82, 2.24) is 9.80 Å². The normalized spacial score (nSPS) is 25.8. The van der Waals surface area contributed by atoms with Gasteiger partial charge in [-0.2, -0.15) is 0 Å². The van der Waals surface area contributed by atoms with Gasteiger partial charge in [0.1, 0.15) is 0 Å². The lowest BCUT2D eigenvalue weighted by Gasteiger charge is -2.31. The van der Waals surface area contributed by atoms with Crippen LogP contribution in [0.25, 0.3) is 0 Å². The van der Waals surface area contributed by atoms with Gasteiger partial charge >= 0.3 is 5.97 Å². The van der Waals surface area contributed by atoms with E-state index >= 15 is 0 Å². The summed E-state index contributed by atoms with van der Waals surface area (Å²) in [6.45, 7) is 2.12. The maximum atomic E-state index is 11.4. The molecule has 2 amide bonds. The summed E-state index contributed by atoms with van der Waals surface area (Å²) >= 11 is 0. The molecule has 2 saturated heterocycles. The summed E-state index contributed by atoms with van der Waals surface area (Å²) in [6.07, 6.45) is -0.233. The molecule has 18 heavy (non-hydrogen) atoms. The van der Waals surface area contributed by atoms with Gasteiger partial charge in [-0.05, 0) is 0 Å². The monoisotopic (exact) mass is 256 g/mol. The summed E-state index contributed by atoms with van der Waals surface area (Å²) < 4.78 is 5.09. The van der Waals surface area contributed by atoms with Crippen LogP contribution in [0.4, 0.5) is 0 Å².